The largest absolute Gasteiger partial charge is 0.461 e. The minimum Gasteiger partial charge on any atom is -0.461 e. The van der Waals surface area contributed by atoms with Gasteiger partial charge in [0.25, 0.3) is 0 Å². The fourth-order valence-electron chi connectivity index (χ4n) is 5.20. The normalized spacial score (nSPS) is 42.3. The average Bonchev–Trinajstić information content (AvgIpc) is 3.21. The highest BCUT2D eigenvalue weighted by Gasteiger charge is 2.54. The number of rotatable bonds is 4. The van der Waals surface area contributed by atoms with Gasteiger partial charge in [-0.1, -0.05) is 18.7 Å². The van der Waals surface area contributed by atoms with Crippen LogP contribution in [0.1, 0.15) is 32.1 Å². The van der Waals surface area contributed by atoms with E-state index in [9.17, 15) is 14.7 Å². The Hall–Kier alpha value is -1.66. The zero-order chi connectivity index (χ0) is 18.4. The summed E-state index contributed by atoms with van der Waals surface area (Å²) in [6.45, 7) is 9.39. The lowest BCUT2D eigenvalue weighted by Gasteiger charge is -2.27. The van der Waals surface area contributed by atoms with Gasteiger partial charge in [-0.05, 0) is 37.2 Å². The third-order valence-electron chi connectivity index (χ3n) is 6.64. The molecule has 0 radical (unpaired) electrons. The summed E-state index contributed by atoms with van der Waals surface area (Å²) in [5.41, 5.74) is 1.93. The van der Waals surface area contributed by atoms with Crippen molar-refractivity contribution in [3.63, 3.8) is 0 Å². The lowest BCUT2D eigenvalue weighted by Crippen LogP contribution is -2.36. The van der Waals surface area contributed by atoms with E-state index in [-0.39, 0.29) is 47.8 Å². The van der Waals surface area contributed by atoms with Crippen LogP contribution in [0.25, 0.3) is 0 Å². The predicted molar refractivity (Wildman–Crippen MR) is 94.0 cm³/mol. The Morgan fingerprint density at radius 2 is 1.92 bits per heavy atom. The summed E-state index contributed by atoms with van der Waals surface area (Å²) in [5.74, 6) is -0.288. The summed E-state index contributed by atoms with van der Waals surface area (Å²) in [7, 11) is 0. The van der Waals surface area contributed by atoms with Gasteiger partial charge in [-0.15, -0.1) is 0 Å². The molecule has 6 heteroatoms. The summed E-state index contributed by atoms with van der Waals surface area (Å²) in [6, 6.07) is 0. The maximum Gasteiger partial charge on any atom is 0.310 e. The van der Waals surface area contributed by atoms with E-state index in [1.54, 1.807) is 0 Å². The van der Waals surface area contributed by atoms with Crippen molar-refractivity contribution in [2.24, 2.45) is 23.7 Å². The predicted octanol–water partition coefficient (Wildman–Crippen LogP) is 1.34. The van der Waals surface area contributed by atoms with E-state index < -0.39 is 6.10 Å². The molecule has 0 aromatic rings. The van der Waals surface area contributed by atoms with E-state index in [4.69, 9.17) is 9.47 Å². The zero-order valence-electron chi connectivity index (χ0n) is 15.0. The Morgan fingerprint density at radius 1 is 1.12 bits per heavy atom. The second kappa shape index (κ2) is 6.82. The smallest absolute Gasteiger partial charge is 0.310 e. The van der Waals surface area contributed by atoms with Crippen molar-refractivity contribution in [1.29, 1.82) is 0 Å². The van der Waals surface area contributed by atoms with Gasteiger partial charge in [0, 0.05) is 31.3 Å². The molecule has 0 aromatic heterocycles. The maximum atomic E-state index is 12.5. The van der Waals surface area contributed by atoms with Crippen LogP contribution in [0.15, 0.2) is 24.3 Å². The van der Waals surface area contributed by atoms with Crippen LogP contribution in [0.5, 0.6) is 0 Å². The quantitative estimate of drug-likeness (QED) is 0.581. The van der Waals surface area contributed by atoms with E-state index >= 15 is 0 Å². The first-order chi connectivity index (χ1) is 12.5. The van der Waals surface area contributed by atoms with Gasteiger partial charge in [0.05, 0.1) is 12.0 Å². The van der Waals surface area contributed by atoms with Crippen LogP contribution < -0.4 is 5.32 Å². The highest BCUT2D eigenvalue weighted by atomic mass is 16.6. The Balaban J connectivity index is 1.43. The first-order valence-electron chi connectivity index (χ1n) is 9.60. The number of hydrogen-bond donors (Lipinski definition) is 2. The number of fused-ring (bicyclic) bond motifs is 3. The van der Waals surface area contributed by atoms with Gasteiger partial charge in [-0.25, -0.2) is 0 Å². The molecular weight excluding hydrogens is 334 g/mol. The lowest BCUT2D eigenvalue weighted by molar-refractivity contribution is -0.146. The number of esters is 2. The molecule has 2 heterocycles. The number of cyclic esters (lactones) is 1. The molecule has 0 amide bonds. The molecule has 2 saturated heterocycles. The van der Waals surface area contributed by atoms with Crippen LogP contribution >= 0.6 is 0 Å². The highest BCUT2D eigenvalue weighted by Crippen LogP contribution is 2.52. The Morgan fingerprint density at radius 3 is 2.65 bits per heavy atom. The first-order valence-corrected chi connectivity index (χ1v) is 9.60. The van der Waals surface area contributed by atoms with Crippen LogP contribution in [0.3, 0.4) is 0 Å². The zero-order valence-corrected chi connectivity index (χ0v) is 15.0. The second-order valence-corrected chi connectivity index (χ2v) is 8.14. The summed E-state index contributed by atoms with van der Waals surface area (Å²) < 4.78 is 11.0. The van der Waals surface area contributed by atoms with Gasteiger partial charge >= 0.3 is 11.9 Å². The maximum absolute atomic E-state index is 12.5. The highest BCUT2D eigenvalue weighted by molar-refractivity contribution is 5.76. The van der Waals surface area contributed by atoms with Gasteiger partial charge in [-0.2, -0.15) is 0 Å². The molecule has 7 unspecified atom stereocenters. The number of hydrogen-bond acceptors (Lipinski definition) is 6. The van der Waals surface area contributed by atoms with Crippen molar-refractivity contribution in [2.45, 2.75) is 50.4 Å². The van der Waals surface area contributed by atoms with Gasteiger partial charge < -0.3 is 19.9 Å². The number of ether oxygens (including phenoxy) is 2. The van der Waals surface area contributed by atoms with Gasteiger partial charge in [0.1, 0.15) is 12.2 Å². The van der Waals surface area contributed by atoms with E-state index in [2.05, 4.69) is 18.5 Å². The number of aliphatic hydroxyl groups is 1. The molecule has 4 rings (SSSR count). The summed E-state index contributed by atoms with van der Waals surface area (Å²) in [4.78, 5) is 23.7. The number of carbonyl (C=O) groups excluding carboxylic acids is 2. The molecule has 4 fully saturated rings. The molecule has 2 saturated carbocycles. The number of nitrogens with one attached hydrogen (secondary N) is 1. The molecule has 2 N–H and O–H groups in total. The molecule has 2 aliphatic heterocycles. The molecule has 6 nitrogen and oxygen atoms in total. The van der Waals surface area contributed by atoms with E-state index in [0.29, 0.717) is 25.9 Å². The van der Waals surface area contributed by atoms with E-state index in [0.717, 1.165) is 30.4 Å². The fraction of sp³-hybridized carbons (Fsp3) is 0.700. The van der Waals surface area contributed by atoms with Crippen molar-refractivity contribution < 1.29 is 24.2 Å². The summed E-state index contributed by atoms with van der Waals surface area (Å²) >= 11 is 0. The fourth-order valence-corrected chi connectivity index (χ4v) is 5.20. The third-order valence-corrected chi connectivity index (χ3v) is 6.64. The standard InChI is InChI=1S/C20H27NO5/c1-10-3-5-13-15(9-21-8-12-4-6-17(23)25-12)20(24)26-19(13)18-11(2)16(22)7-14(10)18/h12-16,18-19,21-22H,1-9H2. The van der Waals surface area contributed by atoms with Crippen LogP contribution in [0, 0.1) is 23.7 Å². The molecule has 26 heavy (non-hydrogen) atoms. The van der Waals surface area contributed by atoms with E-state index in [1.807, 2.05) is 0 Å². The van der Waals surface area contributed by atoms with Gasteiger partial charge in [-0.3, -0.25) is 9.59 Å². The van der Waals surface area contributed by atoms with Crippen LogP contribution in [-0.4, -0.2) is 48.4 Å². The Kier molecular flexibility index (Phi) is 4.65. The topological polar surface area (TPSA) is 84.9 Å². The van der Waals surface area contributed by atoms with Crippen molar-refractivity contribution in [2.75, 3.05) is 13.1 Å². The molecule has 0 bridgehead atoms. The Labute approximate surface area is 153 Å². The summed E-state index contributed by atoms with van der Waals surface area (Å²) in [6.07, 6.45) is 2.72. The van der Waals surface area contributed by atoms with E-state index in [1.165, 1.54) is 0 Å². The summed E-state index contributed by atoms with van der Waals surface area (Å²) in [5, 5.41) is 13.5. The lowest BCUT2D eigenvalue weighted by atomic mass is 9.79. The van der Waals surface area contributed by atoms with Crippen molar-refractivity contribution in [1.82, 2.24) is 5.32 Å². The molecule has 0 aromatic carbocycles. The van der Waals surface area contributed by atoms with Crippen molar-refractivity contribution in [3.05, 3.63) is 24.3 Å². The van der Waals surface area contributed by atoms with Crippen molar-refractivity contribution >= 4 is 11.9 Å². The third kappa shape index (κ3) is 2.99. The minimum absolute atomic E-state index is 0.0188. The van der Waals surface area contributed by atoms with Gasteiger partial charge in [0.2, 0.25) is 0 Å². The molecule has 142 valence electrons. The average molecular weight is 361 g/mol. The Bertz CT molecular complexity index is 644. The van der Waals surface area contributed by atoms with Gasteiger partial charge in [0.15, 0.2) is 0 Å². The first kappa shape index (κ1) is 17.7. The minimum atomic E-state index is -0.534. The number of aliphatic hydroxyl groups excluding tert-OH is 1. The van der Waals surface area contributed by atoms with Crippen molar-refractivity contribution in [3.8, 4) is 0 Å². The molecule has 7 atom stereocenters. The molecule has 0 spiro atoms. The van der Waals surface area contributed by atoms with Crippen LogP contribution in [-0.2, 0) is 19.1 Å². The molecule has 2 aliphatic carbocycles. The molecule has 4 aliphatic rings. The number of allylic oxidation sites excluding steroid dienone is 1. The SMILES string of the molecule is C=C1CCC2C(CNCC3CCC(=O)O3)C(=O)OC2C2C(=C)C(O)CC12. The van der Waals surface area contributed by atoms with Crippen LogP contribution in [0.2, 0.25) is 0 Å². The second-order valence-electron chi connectivity index (χ2n) is 8.14. The monoisotopic (exact) mass is 361 g/mol. The molecular formula is C20H27NO5. The number of carbonyl (C=O) groups is 2. The van der Waals surface area contributed by atoms with Crippen LogP contribution in [0.4, 0.5) is 0 Å².